The number of halogens is 2. The van der Waals surface area contributed by atoms with Crippen molar-refractivity contribution < 1.29 is 45.7 Å². The van der Waals surface area contributed by atoms with E-state index in [1.54, 1.807) is 53.7 Å². The van der Waals surface area contributed by atoms with Crippen molar-refractivity contribution in [3.63, 3.8) is 0 Å². The molecule has 0 unspecified atom stereocenters. The van der Waals surface area contributed by atoms with Gasteiger partial charge < -0.3 is 15.2 Å². The Balaban J connectivity index is 0.000000324. The van der Waals surface area contributed by atoms with Gasteiger partial charge in [0.1, 0.15) is 11.5 Å². The lowest BCUT2D eigenvalue weighted by Crippen LogP contribution is -2.40. The van der Waals surface area contributed by atoms with Gasteiger partial charge >= 0.3 is 11.5 Å². The number of rotatable bonds is 9. The van der Waals surface area contributed by atoms with Gasteiger partial charge in [0.2, 0.25) is 20.0 Å². The molecule has 0 radical (unpaired) electrons. The standard InChI is InChI=1S/C17H18BrN3O6S.C10H16N2O2S.C7H4ClNO4/c1-17(2,3)20-28(25,26)15-10-11(4-9-14(15)18)19-16(22)27-13-7-5-12(6-8-13)21(23)24;1-10(2,3)12-15(13,14)9-6-4-5-8(11)7-9;8-7(10)13-6-3-1-5(2-4-6)9(11)12/h4-10,20H,1-3H3,(H,19,22);4-7,12H,11H2,1-3H3;1-4H. The molecule has 1 amide bonds. The van der Waals surface area contributed by atoms with Gasteiger partial charge in [-0.2, -0.15) is 0 Å². The highest BCUT2D eigenvalue weighted by Gasteiger charge is 2.25. The number of benzene rings is 4. The maximum absolute atomic E-state index is 12.5. The molecular formula is C34H38BrClN6O12S2. The maximum atomic E-state index is 12.5. The molecule has 56 heavy (non-hydrogen) atoms. The van der Waals surface area contributed by atoms with Crippen LogP contribution in [0.2, 0.25) is 0 Å². The summed E-state index contributed by atoms with van der Waals surface area (Å²) in [6, 6.07) is 20.5. The number of hydrogen-bond acceptors (Lipinski definition) is 13. The number of hydrogen-bond donors (Lipinski definition) is 4. The fraction of sp³-hybridized carbons (Fsp3) is 0.235. The van der Waals surface area contributed by atoms with E-state index in [1.807, 2.05) is 0 Å². The largest absolute Gasteiger partial charge is 0.417 e. The number of sulfonamides is 2. The van der Waals surface area contributed by atoms with Crippen LogP contribution in [0.4, 0.5) is 32.3 Å². The fourth-order valence-corrected chi connectivity index (χ4v) is 7.97. The number of nitrogens with one attached hydrogen (secondary N) is 3. The van der Waals surface area contributed by atoms with Crippen LogP contribution in [0.25, 0.3) is 0 Å². The Kier molecular flexibility index (Phi) is 16.4. The number of amides is 1. The van der Waals surface area contributed by atoms with Crippen LogP contribution in [-0.4, -0.2) is 49.3 Å². The zero-order valence-corrected chi connectivity index (χ0v) is 34.6. The molecule has 0 bridgehead atoms. The molecule has 302 valence electrons. The van der Waals surface area contributed by atoms with Gasteiger partial charge in [0.15, 0.2) is 0 Å². The van der Waals surface area contributed by atoms with E-state index < -0.39 is 52.5 Å². The molecule has 0 saturated heterocycles. The third kappa shape index (κ3) is 16.7. The smallest absolute Gasteiger partial charge is 0.414 e. The fourth-order valence-electron chi connectivity index (χ4n) is 4.00. The number of ether oxygens (including phenoxy) is 2. The van der Waals surface area contributed by atoms with Gasteiger partial charge in [-0.15, -0.1) is 0 Å². The number of nitro groups is 2. The third-order valence-electron chi connectivity index (χ3n) is 6.02. The van der Waals surface area contributed by atoms with Crippen LogP contribution in [0.3, 0.4) is 0 Å². The molecule has 0 aromatic heterocycles. The number of anilines is 2. The molecule has 0 atom stereocenters. The molecule has 4 aromatic rings. The Morgan fingerprint density at radius 1 is 0.714 bits per heavy atom. The minimum absolute atomic E-state index is 0.0458. The van der Waals surface area contributed by atoms with E-state index in [1.165, 1.54) is 78.9 Å². The summed E-state index contributed by atoms with van der Waals surface area (Å²) in [6.07, 6.45) is -0.872. The molecule has 0 saturated carbocycles. The molecule has 18 nitrogen and oxygen atoms in total. The summed E-state index contributed by atoms with van der Waals surface area (Å²) in [7, 11) is -7.30. The molecule has 0 aliphatic heterocycles. The molecule has 0 spiro atoms. The highest BCUT2D eigenvalue weighted by atomic mass is 79.9. The predicted molar refractivity (Wildman–Crippen MR) is 213 cm³/mol. The van der Waals surface area contributed by atoms with Crippen molar-refractivity contribution in [3.8, 4) is 11.5 Å². The molecule has 0 fully saturated rings. The summed E-state index contributed by atoms with van der Waals surface area (Å²) in [6.45, 7) is 10.5. The second-order valence-electron chi connectivity index (χ2n) is 13.3. The van der Waals surface area contributed by atoms with E-state index in [4.69, 9.17) is 22.1 Å². The summed E-state index contributed by atoms with van der Waals surface area (Å²) in [5.74, 6) is 0.271. The van der Waals surface area contributed by atoms with Crippen molar-refractivity contribution in [2.45, 2.75) is 62.4 Å². The normalized spacial score (nSPS) is 11.4. The van der Waals surface area contributed by atoms with Gasteiger partial charge in [-0.05, 0) is 118 Å². The number of nitrogens with zero attached hydrogens (tertiary/aromatic N) is 2. The number of nitro benzene ring substituents is 2. The third-order valence-corrected chi connectivity index (χ3v) is 10.6. The second-order valence-corrected chi connectivity index (χ2v) is 17.8. The van der Waals surface area contributed by atoms with Gasteiger partial charge in [-0.1, -0.05) is 6.07 Å². The molecule has 0 heterocycles. The highest BCUT2D eigenvalue weighted by molar-refractivity contribution is 9.10. The Morgan fingerprint density at radius 3 is 1.61 bits per heavy atom. The first-order chi connectivity index (χ1) is 25.7. The van der Waals surface area contributed by atoms with E-state index in [0.717, 1.165) is 0 Å². The molecule has 0 aliphatic carbocycles. The molecule has 4 rings (SSSR count). The van der Waals surface area contributed by atoms with Gasteiger partial charge in [0.05, 0.1) is 19.6 Å². The van der Waals surface area contributed by atoms with Gasteiger partial charge in [-0.3, -0.25) is 25.5 Å². The Morgan fingerprint density at radius 2 is 1.18 bits per heavy atom. The number of nitrogens with two attached hydrogens (primary N) is 1. The number of nitrogen functional groups attached to an aromatic ring is 1. The van der Waals surface area contributed by atoms with Crippen molar-refractivity contribution in [2.75, 3.05) is 11.1 Å². The molecule has 4 aromatic carbocycles. The van der Waals surface area contributed by atoms with Crippen molar-refractivity contribution in [1.82, 2.24) is 9.44 Å². The van der Waals surface area contributed by atoms with Gasteiger partial charge in [0.25, 0.3) is 11.4 Å². The lowest BCUT2D eigenvalue weighted by Gasteiger charge is -2.21. The zero-order chi connectivity index (χ0) is 42.6. The lowest BCUT2D eigenvalue weighted by atomic mass is 10.1. The van der Waals surface area contributed by atoms with Crippen molar-refractivity contribution in [3.05, 3.63) is 116 Å². The van der Waals surface area contributed by atoms with Crippen LogP contribution in [0, 0.1) is 20.2 Å². The quantitative estimate of drug-likeness (QED) is 0.0543. The van der Waals surface area contributed by atoms with E-state index >= 15 is 0 Å². The first-order valence-corrected chi connectivity index (χ1v) is 19.9. The van der Waals surface area contributed by atoms with Crippen LogP contribution in [0.15, 0.2) is 105 Å². The van der Waals surface area contributed by atoms with Crippen LogP contribution in [-0.2, 0) is 20.0 Å². The van der Waals surface area contributed by atoms with Crippen molar-refractivity contribution in [1.29, 1.82) is 0 Å². The molecule has 22 heteroatoms. The molecular weight excluding hydrogens is 864 g/mol. The summed E-state index contributed by atoms with van der Waals surface area (Å²) in [5.41, 5.74) is 3.79. The monoisotopic (exact) mass is 900 g/mol. The van der Waals surface area contributed by atoms with E-state index in [0.29, 0.717) is 10.2 Å². The van der Waals surface area contributed by atoms with Crippen molar-refractivity contribution >= 4 is 81.8 Å². The topological polar surface area (TPSA) is 269 Å². The first kappa shape index (κ1) is 47.0. The summed E-state index contributed by atoms with van der Waals surface area (Å²) in [4.78, 5) is 42.1. The van der Waals surface area contributed by atoms with E-state index in [-0.39, 0.29) is 38.4 Å². The minimum atomic E-state index is -3.83. The summed E-state index contributed by atoms with van der Waals surface area (Å²) < 4.78 is 63.7. The SMILES string of the molecule is CC(C)(C)NS(=O)(=O)c1cc(NC(=O)Oc2ccc([N+](=O)[O-])cc2)ccc1Br.CC(C)(C)NS(=O)(=O)c1cccc(N)c1.O=C(Cl)Oc1ccc([N+](=O)[O-])cc1. The molecule has 5 N–H and O–H groups in total. The lowest BCUT2D eigenvalue weighted by molar-refractivity contribution is -0.385. The summed E-state index contributed by atoms with van der Waals surface area (Å²) >= 11 is 8.11. The van der Waals surface area contributed by atoms with Crippen LogP contribution >= 0.6 is 27.5 Å². The van der Waals surface area contributed by atoms with Crippen LogP contribution < -0.4 is 30.0 Å². The van der Waals surface area contributed by atoms with Gasteiger partial charge in [0, 0.05) is 62.8 Å². The van der Waals surface area contributed by atoms with Crippen LogP contribution in [0.1, 0.15) is 41.5 Å². The van der Waals surface area contributed by atoms with Crippen molar-refractivity contribution in [2.24, 2.45) is 0 Å². The highest BCUT2D eigenvalue weighted by Crippen LogP contribution is 2.27. The average Bonchev–Trinajstić information content (AvgIpc) is 3.04. The minimum Gasteiger partial charge on any atom is -0.414 e. The average molecular weight is 902 g/mol. The van der Waals surface area contributed by atoms with Gasteiger partial charge in [-0.25, -0.2) is 35.9 Å². The zero-order valence-electron chi connectivity index (χ0n) is 30.6. The predicted octanol–water partition coefficient (Wildman–Crippen LogP) is 7.72. The Bertz CT molecular complexity index is 2260. The second kappa shape index (κ2) is 19.6. The van der Waals surface area contributed by atoms with Crippen LogP contribution in [0.5, 0.6) is 11.5 Å². The van der Waals surface area contributed by atoms with E-state index in [9.17, 15) is 46.7 Å². The number of carbonyl (C=O) groups is 2. The van der Waals surface area contributed by atoms with E-state index in [2.05, 4.69) is 35.4 Å². The summed E-state index contributed by atoms with van der Waals surface area (Å²) in [5, 5.41) is 23.3. The number of carbonyl (C=O) groups excluding carboxylic acids is 2. The Labute approximate surface area is 336 Å². The molecule has 0 aliphatic rings. The Hall–Kier alpha value is -5.19. The first-order valence-electron chi connectivity index (χ1n) is 15.8. The maximum Gasteiger partial charge on any atom is 0.417 e. The number of non-ortho nitro benzene ring substituents is 2.